The molecule has 1 N–H and O–H groups in total. The zero-order chi connectivity index (χ0) is 9.47. The average molecular weight is 201 g/mol. The highest BCUT2D eigenvalue weighted by Gasteiger charge is 2.52. The molecule has 0 aromatic carbocycles. The first-order chi connectivity index (χ1) is 6.20. The number of halogens is 1. The zero-order valence-corrected chi connectivity index (χ0v) is 9.06. The van der Waals surface area contributed by atoms with Crippen LogP contribution < -0.4 is 5.32 Å². The molecule has 2 aliphatic carbocycles. The molecular formula is C10H17ClN2. The summed E-state index contributed by atoms with van der Waals surface area (Å²) in [4.78, 5) is 4.09. The van der Waals surface area contributed by atoms with Crippen molar-refractivity contribution < 1.29 is 0 Å². The summed E-state index contributed by atoms with van der Waals surface area (Å²) < 4.78 is 0. The van der Waals surface area contributed by atoms with Crippen molar-refractivity contribution in [3.63, 3.8) is 0 Å². The Morgan fingerprint density at radius 1 is 1.54 bits per heavy atom. The number of alkyl halides is 1. The van der Waals surface area contributed by atoms with E-state index in [9.17, 15) is 0 Å². The smallest absolute Gasteiger partial charge is 0.117 e. The van der Waals surface area contributed by atoms with Gasteiger partial charge in [0.25, 0.3) is 0 Å². The standard InChI is InChI=1S/C10H17ClN2/c1-12-9(13-2)10(11)6-7-3-4-8(10)5-7/h7-8H,3-6H2,1-2H3,(H,12,13). The van der Waals surface area contributed by atoms with Gasteiger partial charge in [-0.25, -0.2) is 0 Å². The molecule has 3 atom stereocenters. The second kappa shape index (κ2) is 3.16. The highest BCUT2D eigenvalue weighted by Crippen LogP contribution is 2.54. The van der Waals surface area contributed by atoms with Crippen molar-refractivity contribution in [1.82, 2.24) is 5.32 Å². The van der Waals surface area contributed by atoms with Crippen molar-refractivity contribution in [3.8, 4) is 0 Å². The Balaban J connectivity index is 2.21. The molecule has 0 saturated heterocycles. The van der Waals surface area contributed by atoms with Crippen LogP contribution in [0.5, 0.6) is 0 Å². The van der Waals surface area contributed by atoms with Gasteiger partial charge in [0.1, 0.15) is 10.7 Å². The third-order valence-corrected chi connectivity index (χ3v) is 4.27. The summed E-state index contributed by atoms with van der Waals surface area (Å²) >= 11 is 6.64. The van der Waals surface area contributed by atoms with Gasteiger partial charge in [-0.2, -0.15) is 0 Å². The molecule has 2 bridgehead atoms. The van der Waals surface area contributed by atoms with E-state index >= 15 is 0 Å². The first-order valence-electron chi connectivity index (χ1n) is 5.04. The molecule has 0 heterocycles. The van der Waals surface area contributed by atoms with Crippen molar-refractivity contribution in [3.05, 3.63) is 0 Å². The van der Waals surface area contributed by atoms with Gasteiger partial charge in [0.15, 0.2) is 0 Å². The average Bonchev–Trinajstić information content (AvgIpc) is 2.65. The lowest BCUT2D eigenvalue weighted by molar-refractivity contribution is 0.434. The van der Waals surface area contributed by atoms with Crippen LogP contribution in [-0.4, -0.2) is 24.8 Å². The molecule has 74 valence electrons. The van der Waals surface area contributed by atoms with Crippen LogP contribution in [0.1, 0.15) is 25.7 Å². The van der Waals surface area contributed by atoms with E-state index in [1.54, 1.807) is 0 Å². The van der Waals surface area contributed by atoms with E-state index in [0.717, 1.165) is 18.2 Å². The highest BCUT2D eigenvalue weighted by atomic mass is 35.5. The summed E-state index contributed by atoms with van der Waals surface area (Å²) in [5.41, 5.74) is 0. The van der Waals surface area contributed by atoms with Crippen LogP contribution in [0, 0.1) is 11.8 Å². The Bertz CT molecular complexity index is 239. The van der Waals surface area contributed by atoms with E-state index in [2.05, 4.69) is 10.3 Å². The fourth-order valence-electron chi connectivity index (χ4n) is 3.06. The number of hydrogen-bond donors (Lipinski definition) is 1. The van der Waals surface area contributed by atoms with Gasteiger partial charge in [-0.05, 0) is 31.1 Å². The number of rotatable bonds is 1. The van der Waals surface area contributed by atoms with Gasteiger partial charge in [-0.3, -0.25) is 4.99 Å². The molecule has 3 unspecified atom stereocenters. The summed E-state index contributed by atoms with van der Waals surface area (Å²) in [5.74, 6) is 2.50. The number of hydrogen-bond acceptors (Lipinski definition) is 1. The molecule has 0 aliphatic heterocycles. The van der Waals surface area contributed by atoms with Crippen LogP contribution in [-0.2, 0) is 0 Å². The topological polar surface area (TPSA) is 24.4 Å². The number of nitrogens with zero attached hydrogens (tertiary/aromatic N) is 1. The van der Waals surface area contributed by atoms with Crippen molar-refractivity contribution in [2.75, 3.05) is 14.1 Å². The van der Waals surface area contributed by atoms with Gasteiger partial charge in [0.2, 0.25) is 0 Å². The predicted octanol–water partition coefficient (Wildman–Crippen LogP) is 2.03. The number of amidine groups is 1. The minimum Gasteiger partial charge on any atom is -0.375 e. The minimum atomic E-state index is -0.160. The Morgan fingerprint density at radius 3 is 2.69 bits per heavy atom. The lowest BCUT2D eigenvalue weighted by atomic mass is 9.87. The second-order valence-electron chi connectivity index (χ2n) is 4.26. The maximum absolute atomic E-state index is 6.64. The van der Waals surface area contributed by atoms with Crippen LogP contribution in [0.3, 0.4) is 0 Å². The largest absolute Gasteiger partial charge is 0.375 e. The Labute approximate surface area is 84.8 Å². The molecule has 2 saturated carbocycles. The number of fused-ring (bicyclic) bond motifs is 2. The molecule has 0 spiro atoms. The highest BCUT2D eigenvalue weighted by molar-refractivity contribution is 6.36. The van der Waals surface area contributed by atoms with Gasteiger partial charge in [0, 0.05) is 14.1 Å². The molecule has 2 aliphatic rings. The fraction of sp³-hybridized carbons (Fsp3) is 0.900. The van der Waals surface area contributed by atoms with Crippen LogP contribution in [0.4, 0.5) is 0 Å². The molecule has 3 heteroatoms. The Morgan fingerprint density at radius 2 is 2.31 bits per heavy atom. The number of nitrogens with one attached hydrogen (secondary N) is 1. The summed E-state index contributed by atoms with van der Waals surface area (Å²) in [6.07, 6.45) is 5.09. The first-order valence-corrected chi connectivity index (χ1v) is 5.42. The molecule has 0 radical (unpaired) electrons. The molecule has 2 fully saturated rings. The second-order valence-corrected chi connectivity index (χ2v) is 4.94. The molecule has 0 amide bonds. The van der Waals surface area contributed by atoms with Crippen molar-refractivity contribution in [1.29, 1.82) is 0 Å². The third kappa shape index (κ3) is 1.26. The predicted molar refractivity (Wildman–Crippen MR) is 56.5 cm³/mol. The van der Waals surface area contributed by atoms with E-state index < -0.39 is 0 Å². The van der Waals surface area contributed by atoms with Crippen LogP contribution >= 0.6 is 11.6 Å². The zero-order valence-electron chi connectivity index (χ0n) is 8.31. The SMILES string of the molecule is CN=C(NC)C1(Cl)CC2CCC1C2. The fourth-order valence-corrected chi connectivity index (χ4v) is 3.65. The van der Waals surface area contributed by atoms with E-state index in [-0.39, 0.29) is 4.87 Å². The Hall–Kier alpha value is -0.240. The van der Waals surface area contributed by atoms with Crippen molar-refractivity contribution in [2.45, 2.75) is 30.6 Å². The number of aliphatic imine (C=N–C) groups is 1. The Kier molecular flexibility index (Phi) is 2.26. The monoisotopic (exact) mass is 200 g/mol. The van der Waals surface area contributed by atoms with Gasteiger partial charge < -0.3 is 5.32 Å². The van der Waals surface area contributed by atoms with Gasteiger partial charge >= 0.3 is 0 Å². The molecule has 13 heavy (non-hydrogen) atoms. The maximum Gasteiger partial charge on any atom is 0.117 e. The van der Waals surface area contributed by atoms with E-state index in [0.29, 0.717) is 5.92 Å². The lowest BCUT2D eigenvalue weighted by Crippen LogP contribution is -2.44. The molecule has 2 rings (SSSR count). The van der Waals surface area contributed by atoms with E-state index in [1.165, 1.54) is 19.3 Å². The first kappa shape index (κ1) is 9.32. The quantitative estimate of drug-likeness (QED) is 0.391. The van der Waals surface area contributed by atoms with Gasteiger partial charge in [-0.1, -0.05) is 6.42 Å². The minimum absolute atomic E-state index is 0.160. The summed E-state index contributed by atoms with van der Waals surface area (Å²) in [6.45, 7) is 0. The molecule has 2 nitrogen and oxygen atoms in total. The van der Waals surface area contributed by atoms with Crippen molar-refractivity contribution in [2.24, 2.45) is 16.8 Å². The summed E-state index contributed by atoms with van der Waals surface area (Å²) in [6, 6.07) is 0. The lowest BCUT2D eigenvalue weighted by Gasteiger charge is -2.32. The van der Waals surface area contributed by atoms with Crippen LogP contribution in [0.15, 0.2) is 4.99 Å². The normalized spacial score (nSPS) is 44.1. The maximum atomic E-state index is 6.64. The molecule has 0 aromatic heterocycles. The third-order valence-electron chi connectivity index (χ3n) is 3.63. The van der Waals surface area contributed by atoms with Gasteiger partial charge in [0.05, 0.1) is 0 Å². The van der Waals surface area contributed by atoms with E-state index in [4.69, 9.17) is 11.6 Å². The molecular weight excluding hydrogens is 184 g/mol. The summed E-state index contributed by atoms with van der Waals surface area (Å²) in [5, 5.41) is 3.14. The molecule has 0 aromatic rings. The van der Waals surface area contributed by atoms with E-state index in [1.807, 2.05) is 14.1 Å². The van der Waals surface area contributed by atoms with Crippen LogP contribution in [0.25, 0.3) is 0 Å². The van der Waals surface area contributed by atoms with Gasteiger partial charge in [-0.15, -0.1) is 11.6 Å². The van der Waals surface area contributed by atoms with Crippen LogP contribution in [0.2, 0.25) is 0 Å². The summed E-state index contributed by atoms with van der Waals surface area (Å²) in [7, 11) is 3.74. The van der Waals surface area contributed by atoms with Crippen molar-refractivity contribution >= 4 is 17.4 Å².